The summed E-state index contributed by atoms with van der Waals surface area (Å²) >= 11 is 0. The molecule has 0 saturated carbocycles. The van der Waals surface area contributed by atoms with E-state index in [1.54, 1.807) is 18.2 Å². The molecule has 5 heteroatoms. The van der Waals surface area contributed by atoms with E-state index in [2.05, 4.69) is 10.6 Å². The number of aliphatic hydroxyl groups is 1. The van der Waals surface area contributed by atoms with Gasteiger partial charge in [-0.25, -0.2) is 0 Å². The number of amides is 1. The molecule has 0 heterocycles. The second-order valence-electron chi connectivity index (χ2n) is 4.84. The van der Waals surface area contributed by atoms with E-state index >= 15 is 0 Å². The van der Waals surface area contributed by atoms with Crippen LogP contribution >= 0.6 is 0 Å². The smallest absolute Gasteiger partial charge is 0.251 e. The zero-order chi connectivity index (χ0) is 14.4. The normalized spacial score (nSPS) is 12.3. The molecule has 1 rings (SSSR count). The van der Waals surface area contributed by atoms with Crippen molar-refractivity contribution in [3.05, 3.63) is 23.8 Å². The van der Waals surface area contributed by atoms with Gasteiger partial charge in [-0.3, -0.25) is 4.79 Å². The molecule has 0 aliphatic carbocycles. The Hall–Kier alpha value is -1.75. The molecule has 0 saturated heterocycles. The van der Waals surface area contributed by atoms with Crippen molar-refractivity contribution in [3.8, 4) is 0 Å². The van der Waals surface area contributed by atoms with Crippen molar-refractivity contribution in [3.63, 3.8) is 0 Å². The Morgan fingerprint density at radius 2 is 2.11 bits per heavy atom. The van der Waals surface area contributed by atoms with Gasteiger partial charge in [0, 0.05) is 12.1 Å². The second-order valence-corrected chi connectivity index (χ2v) is 4.84. The lowest BCUT2D eigenvalue weighted by Crippen LogP contribution is -2.30. The van der Waals surface area contributed by atoms with Crippen molar-refractivity contribution < 1.29 is 9.90 Å². The number of nitrogens with two attached hydrogens (primary N) is 1. The largest absolute Gasteiger partial charge is 0.397 e. The highest BCUT2D eigenvalue weighted by Crippen LogP contribution is 2.22. The molecule has 19 heavy (non-hydrogen) atoms. The van der Waals surface area contributed by atoms with E-state index in [4.69, 9.17) is 5.73 Å². The fourth-order valence-electron chi connectivity index (χ4n) is 1.72. The molecule has 1 atom stereocenters. The van der Waals surface area contributed by atoms with E-state index < -0.39 is 0 Å². The van der Waals surface area contributed by atoms with E-state index in [1.165, 1.54) is 0 Å². The van der Waals surface area contributed by atoms with Crippen molar-refractivity contribution in [2.24, 2.45) is 5.92 Å². The Kier molecular flexibility index (Phi) is 5.63. The molecule has 0 unspecified atom stereocenters. The molecular formula is C14H23N3O2. The first-order valence-corrected chi connectivity index (χ1v) is 6.54. The van der Waals surface area contributed by atoms with Gasteiger partial charge in [-0.15, -0.1) is 0 Å². The molecule has 1 amide bonds. The average Bonchev–Trinajstić information content (AvgIpc) is 2.37. The Balaban J connectivity index is 2.85. The topological polar surface area (TPSA) is 87.4 Å². The zero-order valence-electron chi connectivity index (χ0n) is 11.7. The third-order valence-electron chi connectivity index (χ3n) is 2.99. The second kappa shape index (κ2) is 6.99. The minimum absolute atomic E-state index is 0.0369. The predicted molar refractivity (Wildman–Crippen MR) is 78.2 cm³/mol. The summed E-state index contributed by atoms with van der Waals surface area (Å²) in [6, 6.07) is 5.07. The Morgan fingerprint density at radius 3 is 2.58 bits per heavy atom. The summed E-state index contributed by atoms with van der Waals surface area (Å²) in [5, 5.41) is 15.2. The first-order chi connectivity index (χ1) is 8.99. The van der Waals surface area contributed by atoms with Crippen LogP contribution in [0.5, 0.6) is 0 Å². The third kappa shape index (κ3) is 4.13. The number of aliphatic hydroxyl groups excluding tert-OH is 1. The number of hydrogen-bond donors (Lipinski definition) is 4. The number of benzene rings is 1. The van der Waals surface area contributed by atoms with E-state index in [1.807, 2.05) is 20.8 Å². The Bertz CT molecular complexity index is 433. The summed E-state index contributed by atoms with van der Waals surface area (Å²) < 4.78 is 0. The van der Waals surface area contributed by atoms with Crippen molar-refractivity contribution >= 4 is 17.3 Å². The lowest BCUT2D eigenvalue weighted by atomic mass is 10.0. The maximum absolute atomic E-state index is 11.7. The molecule has 0 aliphatic rings. The average molecular weight is 265 g/mol. The predicted octanol–water partition coefficient (Wildman–Crippen LogP) is 1.45. The molecule has 0 bridgehead atoms. The van der Waals surface area contributed by atoms with E-state index in [9.17, 15) is 9.90 Å². The van der Waals surface area contributed by atoms with Gasteiger partial charge in [0.25, 0.3) is 5.91 Å². The van der Waals surface area contributed by atoms with Crippen LogP contribution in [0.3, 0.4) is 0 Å². The van der Waals surface area contributed by atoms with Crippen molar-refractivity contribution in [2.45, 2.75) is 26.8 Å². The number of nitrogens with one attached hydrogen (secondary N) is 2. The van der Waals surface area contributed by atoms with Crippen LogP contribution in [0, 0.1) is 5.92 Å². The SMILES string of the molecule is CCNC(=O)c1ccc(N[C@H](CO)C(C)C)c(N)c1. The zero-order valence-corrected chi connectivity index (χ0v) is 11.7. The van der Waals surface area contributed by atoms with Crippen molar-refractivity contribution in [2.75, 3.05) is 24.2 Å². The summed E-state index contributed by atoms with van der Waals surface area (Å²) in [7, 11) is 0. The highest BCUT2D eigenvalue weighted by Gasteiger charge is 2.14. The van der Waals surface area contributed by atoms with Crippen LogP contribution in [0.1, 0.15) is 31.1 Å². The highest BCUT2D eigenvalue weighted by molar-refractivity contribution is 5.96. The van der Waals surface area contributed by atoms with Gasteiger partial charge < -0.3 is 21.5 Å². The van der Waals surface area contributed by atoms with Crippen molar-refractivity contribution in [1.29, 1.82) is 0 Å². The number of carbonyl (C=O) groups is 1. The van der Waals surface area contributed by atoms with Crippen LogP contribution < -0.4 is 16.4 Å². The van der Waals surface area contributed by atoms with Gasteiger partial charge in [0.05, 0.1) is 24.0 Å². The summed E-state index contributed by atoms with van der Waals surface area (Å²) in [6.07, 6.45) is 0. The molecule has 0 fully saturated rings. The minimum Gasteiger partial charge on any atom is -0.397 e. The van der Waals surface area contributed by atoms with Crippen LogP contribution in [0.15, 0.2) is 18.2 Å². The fraction of sp³-hybridized carbons (Fsp3) is 0.500. The maximum Gasteiger partial charge on any atom is 0.251 e. The van der Waals surface area contributed by atoms with Gasteiger partial charge in [0.2, 0.25) is 0 Å². The molecular weight excluding hydrogens is 242 g/mol. The van der Waals surface area contributed by atoms with Gasteiger partial charge in [-0.2, -0.15) is 0 Å². The first-order valence-electron chi connectivity index (χ1n) is 6.54. The molecule has 0 spiro atoms. The fourth-order valence-corrected chi connectivity index (χ4v) is 1.72. The quantitative estimate of drug-likeness (QED) is 0.586. The number of nitrogen functional groups attached to an aromatic ring is 1. The van der Waals surface area contributed by atoms with Gasteiger partial charge in [-0.05, 0) is 31.0 Å². The molecule has 1 aromatic rings. The molecule has 5 nitrogen and oxygen atoms in total. The molecule has 0 radical (unpaired) electrons. The van der Waals surface area contributed by atoms with E-state index in [0.717, 1.165) is 5.69 Å². The Morgan fingerprint density at radius 1 is 1.42 bits per heavy atom. The van der Waals surface area contributed by atoms with Crippen LogP contribution in [0.2, 0.25) is 0 Å². The third-order valence-corrected chi connectivity index (χ3v) is 2.99. The summed E-state index contributed by atoms with van der Waals surface area (Å²) in [5.74, 6) is 0.149. The van der Waals surface area contributed by atoms with Gasteiger partial charge >= 0.3 is 0 Å². The molecule has 106 valence electrons. The number of hydrogen-bond acceptors (Lipinski definition) is 4. The summed E-state index contributed by atoms with van der Waals surface area (Å²) in [5.41, 5.74) is 7.71. The maximum atomic E-state index is 11.7. The van der Waals surface area contributed by atoms with Crippen molar-refractivity contribution in [1.82, 2.24) is 5.32 Å². The lowest BCUT2D eigenvalue weighted by molar-refractivity contribution is 0.0956. The lowest BCUT2D eigenvalue weighted by Gasteiger charge is -2.22. The van der Waals surface area contributed by atoms with Crippen LogP contribution in [-0.4, -0.2) is 30.2 Å². The van der Waals surface area contributed by atoms with Gasteiger partial charge in [0.1, 0.15) is 0 Å². The molecule has 0 aromatic heterocycles. The molecule has 5 N–H and O–H groups in total. The number of anilines is 2. The van der Waals surface area contributed by atoms with Gasteiger partial charge in [0.15, 0.2) is 0 Å². The monoisotopic (exact) mass is 265 g/mol. The first kappa shape index (κ1) is 15.3. The highest BCUT2D eigenvalue weighted by atomic mass is 16.3. The van der Waals surface area contributed by atoms with Gasteiger partial charge in [-0.1, -0.05) is 13.8 Å². The van der Waals surface area contributed by atoms with E-state index in [-0.39, 0.29) is 24.5 Å². The molecule has 1 aromatic carbocycles. The van der Waals surface area contributed by atoms with Crippen LogP contribution in [-0.2, 0) is 0 Å². The number of rotatable bonds is 6. The van der Waals surface area contributed by atoms with E-state index in [0.29, 0.717) is 17.8 Å². The van der Waals surface area contributed by atoms with Crippen LogP contribution in [0.25, 0.3) is 0 Å². The summed E-state index contributed by atoms with van der Waals surface area (Å²) in [4.78, 5) is 11.7. The Labute approximate surface area is 114 Å². The number of carbonyl (C=O) groups excluding carboxylic acids is 1. The summed E-state index contributed by atoms with van der Waals surface area (Å²) in [6.45, 7) is 6.53. The molecule has 0 aliphatic heterocycles. The standard InChI is InChI=1S/C14H23N3O2/c1-4-16-14(19)10-5-6-12(11(15)7-10)17-13(8-18)9(2)3/h5-7,9,13,17-18H,4,8,15H2,1-3H3,(H,16,19)/t13-/m1/s1. The minimum atomic E-state index is -0.136. The van der Waals surface area contributed by atoms with Crippen LogP contribution in [0.4, 0.5) is 11.4 Å².